The van der Waals surface area contributed by atoms with Crippen molar-refractivity contribution in [3.05, 3.63) is 94.8 Å². The van der Waals surface area contributed by atoms with E-state index >= 15 is 0 Å². The number of amides is 2. The van der Waals surface area contributed by atoms with E-state index in [1.54, 1.807) is 86.0 Å². The molecule has 0 saturated heterocycles. The standard InChI is InChI=1S/C24H20N4O4S/c1-32-18-11-7-10-17(14-18)28-23(31)19-12-5-6-13-20(19)25-24(28)33-15-21(29)26-27-22(30)16-8-3-2-4-9-16/h2-14H,15H2,1H3,(H,26,29)(H,27,30). The fraction of sp³-hybridized carbons (Fsp3) is 0.0833. The van der Waals surface area contributed by atoms with Crippen LogP contribution in [0.2, 0.25) is 0 Å². The van der Waals surface area contributed by atoms with Gasteiger partial charge in [-0.15, -0.1) is 0 Å². The maximum Gasteiger partial charge on any atom is 0.269 e. The van der Waals surface area contributed by atoms with Gasteiger partial charge in [-0.3, -0.25) is 29.8 Å². The van der Waals surface area contributed by atoms with Crippen molar-refractivity contribution in [1.82, 2.24) is 20.4 Å². The third-order valence-electron chi connectivity index (χ3n) is 4.74. The Morgan fingerprint density at radius 1 is 0.970 bits per heavy atom. The Morgan fingerprint density at radius 3 is 2.52 bits per heavy atom. The summed E-state index contributed by atoms with van der Waals surface area (Å²) in [6, 6.07) is 22.6. The predicted octanol–water partition coefficient (Wildman–Crippen LogP) is 2.95. The Bertz CT molecular complexity index is 1370. The van der Waals surface area contributed by atoms with E-state index in [9.17, 15) is 14.4 Å². The summed E-state index contributed by atoms with van der Waals surface area (Å²) in [5, 5.41) is 0.806. The number of para-hydroxylation sites is 1. The van der Waals surface area contributed by atoms with Gasteiger partial charge in [-0.25, -0.2) is 4.98 Å². The molecular weight excluding hydrogens is 440 g/mol. The average Bonchev–Trinajstić information content (AvgIpc) is 2.86. The number of nitrogens with one attached hydrogen (secondary N) is 2. The Balaban J connectivity index is 1.57. The fourth-order valence-electron chi connectivity index (χ4n) is 3.14. The van der Waals surface area contributed by atoms with E-state index < -0.39 is 11.8 Å². The second-order valence-electron chi connectivity index (χ2n) is 6.91. The van der Waals surface area contributed by atoms with Crippen molar-refractivity contribution in [2.75, 3.05) is 12.9 Å². The van der Waals surface area contributed by atoms with E-state index in [2.05, 4.69) is 15.8 Å². The highest BCUT2D eigenvalue weighted by Gasteiger charge is 2.15. The molecule has 3 aromatic carbocycles. The molecule has 33 heavy (non-hydrogen) atoms. The van der Waals surface area contributed by atoms with E-state index in [0.29, 0.717) is 33.1 Å². The molecule has 166 valence electrons. The van der Waals surface area contributed by atoms with Crippen LogP contribution >= 0.6 is 11.8 Å². The largest absolute Gasteiger partial charge is 0.497 e. The number of benzene rings is 3. The van der Waals surface area contributed by atoms with Gasteiger partial charge in [0.2, 0.25) is 5.91 Å². The summed E-state index contributed by atoms with van der Waals surface area (Å²) < 4.78 is 6.74. The lowest BCUT2D eigenvalue weighted by Crippen LogP contribution is -2.42. The van der Waals surface area contributed by atoms with Crippen molar-refractivity contribution in [3.63, 3.8) is 0 Å². The van der Waals surface area contributed by atoms with Crippen LogP contribution in [0, 0.1) is 0 Å². The molecule has 8 nitrogen and oxygen atoms in total. The molecule has 2 N–H and O–H groups in total. The maximum atomic E-state index is 13.3. The molecule has 9 heteroatoms. The van der Waals surface area contributed by atoms with Gasteiger partial charge in [0.15, 0.2) is 5.16 Å². The summed E-state index contributed by atoms with van der Waals surface area (Å²) in [5.74, 6) is -0.344. The number of carbonyl (C=O) groups is 2. The molecule has 1 aromatic heterocycles. The number of aromatic nitrogens is 2. The zero-order valence-electron chi connectivity index (χ0n) is 17.6. The van der Waals surface area contributed by atoms with Crippen LogP contribution in [0.5, 0.6) is 5.75 Å². The number of nitrogens with zero attached hydrogens (tertiary/aromatic N) is 2. The molecule has 0 radical (unpaired) electrons. The van der Waals surface area contributed by atoms with Gasteiger partial charge in [-0.2, -0.15) is 0 Å². The lowest BCUT2D eigenvalue weighted by molar-refractivity contribution is -0.119. The van der Waals surface area contributed by atoms with Crippen molar-refractivity contribution in [3.8, 4) is 11.4 Å². The number of hydrazine groups is 1. The molecule has 0 aliphatic carbocycles. The van der Waals surface area contributed by atoms with Crippen LogP contribution in [0.3, 0.4) is 0 Å². The number of methoxy groups -OCH3 is 1. The van der Waals surface area contributed by atoms with Gasteiger partial charge in [0.25, 0.3) is 11.5 Å². The first-order valence-corrected chi connectivity index (χ1v) is 11.0. The molecular formula is C24H20N4O4S. The fourth-order valence-corrected chi connectivity index (χ4v) is 3.95. The van der Waals surface area contributed by atoms with Gasteiger partial charge in [0, 0.05) is 11.6 Å². The summed E-state index contributed by atoms with van der Waals surface area (Å²) in [4.78, 5) is 42.4. The molecule has 1 heterocycles. The van der Waals surface area contributed by atoms with Crippen molar-refractivity contribution in [2.24, 2.45) is 0 Å². The molecule has 0 aliphatic rings. The van der Waals surface area contributed by atoms with Gasteiger partial charge in [-0.05, 0) is 36.4 Å². The summed E-state index contributed by atoms with van der Waals surface area (Å²) in [6.07, 6.45) is 0. The Morgan fingerprint density at radius 2 is 1.73 bits per heavy atom. The molecule has 4 aromatic rings. The van der Waals surface area contributed by atoms with E-state index in [-0.39, 0.29) is 11.3 Å². The minimum Gasteiger partial charge on any atom is -0.497 e. The van der Waals surface area contributed by atoms with Crippen molar-refractivity contribution < 1.29 is 14.3 Å². The SMILES string of the molecule is COc1cccc(-n2c(SCC(=O)NNC(=O)c3ccccc3)nc3ccccc3c2=O)c1. The molecule has 0 aliphatic heterocycles. The quantitative estimate of drug-likeness (QED) is 0.261. The summed E-state index contributed by atoms with van der Waals surface area (Å²) >= 11 is 1.09. The minimum atomic E-state index is -0.441. The number of hydrogen-bond acceptors (Lipinski definition) is 6. The zero-order valence-corrected chi connectivity index (χ0v) is 18.5. The van der Waals surface area contributed by atoms with Gasteiger partial charge in [0.05, 0.1) is 29.5 Å². The Labute approximate surface area is 193 Å². The molecule has 2 amide bonds. The normalized spacial score (nSPS) is 10.6. The second-order valence-corrected chi connectivity index (χ2v) is 7.85. The highest BCUT2D eigenvalue weighted by atomic mass is 32.2. The van der Waals surface area contributed by atoms with E-state index in [4.69, 9.17) is 4.74 Å². The average molecular weight is 461 g/mol. The van der Waals surface area contributed by atoms with Gasteiger partial charge in [0.1, 0.15) is 5.75 Å². The van der Waals surface area contributed by atoms with Crippen LogP contribution in [-0.2, 0) is 4.79 Å². The summed E-state index contributed by atoms with van der Waals surface area (Å²) in [6.45, 7) is 0. The lowest BCUT2D eigenvalue weighted by atomic mass is 10.2. The monoisotopic (exact) mass is 460 g/mol. The minimum absolute atomic E-state index is 0.0657. The van der Waals surface area contributed by atoms with E-state index in [1.165, 1.54) is 4.57 Å². The molecule has 0 spiro atoms. The Kier molecular flexibility index (Phi) is 6.70. The lowest BCUT2D eigenvalue weighted by Gasteiger charge is -2.14. The van der Waals surface area contributed by atoms with E-state index in [1.807, 2.05) is 0 Å². The molecule has 0 bridgehead atoms. The number of rotatable bonds is 6. The second kappa shape index (κ2) is 10.0. The van der Waals surface area contributed by atoms with Crippen molar-refractivity contribution in [2.45, 2.75) is 5.16 Å². The first-order valence-electron chi connectivity index (χ1n) is 10.00. The van der Waals surface area contributed by atoms with Crippen LogP contribution in [0.15, 0.2) is 88.8 Å². The van der Waals surface area contributed by atoms with Crippen molar-refractivity contribution >= 4 is 34.5 Å². The highest BCUT2D eigenvalue weighted by molar-refractivity contribution is 7.99. The van der Waals surface area contributed by atoms with E-state index in [0.717, 1.165) is 11.8 Å². The number of fused-ring (bicyclic) bond motifs is 1. The van der Waals surface area contributed by atoms with Gasteiger partial charge in [-0.1, -0.05) is 48.2 Å². The third-order valence-corrected chi connectivity index (χ3v) is 5.68. The smallest absolute Gasteiger partial charge is 0.269 e. The van der Waals surface area contributed by atoms with Crippen LogP contribution in [0.1, 0.15) is 10.4 Å². The molecule has 0 atom stereocenters. The molecule has 0 unspecified atom stereocenters. The number of thioether (sulfide) groups is 1. The predicted molar refractivity (Wildman–Crippen MR) is 127 cm³/mol. The van der Waals surface area contributed by atoms with Crippen LogP contribution in [-0.4, -0.2) is 34.2 Å². The van der Waals surface area contributed by atoms with Crippen molar-refractivity contribution in [1.29, 1.82) is 0 Å². The maximum absolute atomic E-state index is 13.3. The van der Waals surface area contributed by atoms with Crippen LogP contribution in [0.4, 0.5) is 0 Å². The number of carbonyl (C=O) groups excluding carboxylic acids is 2. The Hall–Kier alpha value is -4.11. The summed E-state index contributed by atoms with van der Waals surface area (Å²) in [7, 11) is 1.55. The zero-order chi connectivity index (χ0) is 23.2. The molecule has 0 saturated carbocycles. The number of ether oxygens (including phenoxy) is 1. The molecule has 0 fully saturated rings. The van der Waals surface area contributed by atoms with Gasteiger partial charge < -0.3 is 4.74 Å². The molecule has 4 rings (SSSR count). The third kappa shape index (κ3) is 5.04. The first kappa shape index (κ1) is 22.1. The summed E-state index contributed by atoms with van der Waals surface area (Å²) in [5.41, 5.74) is 6.03. The first-order chi connectivity index (χ1) is 16.1. The topological polar surface area (TPSA) is 102 Å². The number of hydrogen-bond donors (Lipinski definition) is 2. The van der Waals surface area contributed by atoms with Gasteiger partial charge >= 0.3 is 0 Å². The highest BCUT2D eigenvalue weighted by Crippen LogP contribution is 2.23. The van der Waals surface area contributed by atoms with Crippen LogP contribution < -0.4 is 21.1 Å². The van der Waals surface area contributed by atoms with Crippen LogP contribution in [0.25, 0.3) is 16.6 Å².